The van der Waals surface area contributed by atoms with Crippen molar-refractivity contribution in [2.75, 3.05) is 5.32 Å². The zero-order valence-corrected chi connectivity index (χ0v) is 14.0. The number of carbonyl (C=O) groups excluding carboxylic acids is 1. The van der Waals surface area contributed by atoms with Gasteiger partial charge in [0, 0.05) is 28.3 Å². The van der Waals surface area contributed by atoms with Crippen LogP contribution < -0.4 is 5.32 Å². The molecule has 0 aliphatic rings. The minimum atomic E-state index is -0.0446. The summed E-state index contributed by atoms with van der Waals surface area (Å²) in [5, 5.41) is 2.90. The molecule has 22 heavy (non-hydrogen) atoms. The highest BCUT2D eigenvalue weighted by Crippen LogP contribution is 2.22. The van der Waals surface area contributed by atoms with E-state index in [0.29, 0.717) is 0 Å². The van der Waals surface area contributed by atoms with E-state index in [1.165, 1.54) is 0 Å². The predicted molar refractivity (Wildman–Crippen MR) is 91.8 cm³/mol. The van der Waals surface area contributed by atoms with Crippen LogP contribution in [0.25, 0.3) is 16.9 Å². The van der Waals surface area contributed by atoms with Crippen molar-refractivity contribution in [2.45, 2.75) is 13.8 Å². The third-order valence-electron chi connectivity index (χ3n) is 3.38. The average molecular weight is 358 g/mol. The molecule has 0 radical (unpaired) electrons. The topological polar surface area (TPSA) is 46.4 Å². The van der Waals surface area contributed by atoms with Crippen molar-refractivity contribution in [3.05, 3.63) is 53.3 Å². The highest BCUT2D eigenvalue weighted by molar-refractivity contribution is 9.10. The van der Waals surface area contributed by atoms with Crippen molar-refractivity contribution in [1.82, 2.24) is 9.38 Å². The van der Waals surface area contributed by atoms with Crippen molar-refractivity contribution in [2.24, 2.45) is 5.92 Å². The standard InChI is InChI=1S/C17H16BrN3O/c1-11(2)17(22)19-14-7-8-16-20-15(10-21(16)9-14)12-3-5-13(18)6-4-12/h3-11H,1-2H3,(H,19,22). The number of amides is 1. The van der Waals surface area contributed by atoms with Crippen molar-refractivity contribution >= 4 is 33.2 Å². The molecule has 1 N–H and O–H groups in total. The maximum Gasteiger partial charge on any atom is 0.226 e. The number of anilines is 1. The molecule has 0 fully saturated rings. The first kappa shape index (κ1) is 14.8. The molecule has 2 heterocycles. The Bertz CT molecular complexity index is 822. The van der Waals surface area contributed by atoms with Gasteiger partial charge in [-0.15, -0.1) is 0 Å². The second-order valence-electron chi connectivity index (χ2n) is 5.46. The zero-order chi connectivity index (χ0) is 15.7. The molecule has 0 aliphatic heterocycles. The zero-order valence-electron chi connectivity index (χ0n) is 12.4. The molecule has 0 spiro atoms. The molecule has 5 heteroatoms. The normalized spacial score (nSPS) is 11.1. The number of rotatable bonds is 3. The summed E-state index contributed by atoms with van der Waals surface area (Å²) in [6.07, 6.45) is 3.84. The first-order chi connectivity index (χ1) is 10.5. The molecule has 112 valence electrons. The van der Waals surface area contributed by atoms with Crippen LogP contribution in [0.4, 0.5) is 5.69 Å². The Hall–Kier alpha value is -2.14. The number of hydrogen-bond donors (Lipinski definition) is 1. The summed E-state index contributed by atoms with van der Waals surface area (Å²) in [6, 6.07) is 11.8. The second-order valence-corrected chi connectivity index (χ2v) is 6.38. The Balaban J connectivity index is 1.93. The van der Waals surface area contributed by atoms with Gasteiger partial charge in [0.05, 0.1) is 11.4 Å². The lowest BCUT2D eigenvalue weighted by molar-refractivity contribution is -0.118. The molecule has 1 aromatic carbocycles. The fourth-order valence-electron chi connectivity index (χ4n) is 2.11. The van der Waals surface area contributed by atoms with Crippen LogP contribution in [-0.4, -0.2) is 15.3 Å². The van der Waals surface area contributed by atoms with Crippen LogP contribution >= 0.6 is 15.9 Å². The van der Waals surface area contributed by atoms with Gasteiger partial charge in [0.15, 0.2) is 0 Å². The van der Waals surface area contributed by atoms with Gasteiger partial charge in [0.2, 0.25) is 5.91 Å². The molecule has 1 amide bonds. The lowest BCUT2D eigenvalue weighted by Gasteiger charge is -2.07. The number of pyridine rings is 1. The summed E-state index contributed by atoms with van der Waals surface area (Å²) in [5.41, 5.74) is 3.57. The van der Waals surface area contributed by atoms with Gasteiger partial charge in [-0.1, -0.05) is 41.9 Å². The van der Waals surface area contributed by atoms with Gasteiger partial charge < -0.3 is 9.72 Å². The molecule has 0 saturated heterocycles. The molecular formula is C17H16BrN3O. The molecular weight excluding hydrogens is 342 g/mol. The van der Waals surface area contributed by atoms with Crippen LogP contribution in [0.5, 0.6) is 0 Å². The summed E-state index contributed by atoms with van der Waals surface area (Å²) in [6.45, 7) is 3.74. The first-order valence-corrected chi connectivity index (χ1v) is 7.88. The lowest BCUT2D eigenvalue weighted by Crippen LogP contribution is -2.17. The number of benzene rings is 1. The number of halogens is 1. The monoisotopic (exact) mass is 357 g/mol. The van der Waals surface area contributed by atoms with Crippen molar-refractivity contribution < 1.29 is 4.79 Å². The summed E-state index contributed by atoms with van der Waals surface area (Å²) >= 11 is 3.43. The van der Waals surface area contributed by atoms with Gasteiger partial charge in [-0.3, -0.25) is 4.79 Å². The van der Waals surface area contributed by atoms with E-state index in [0.717, 1.165) is 27.1 Å². The molecule has 0 bridgehead atoms. The number of aromatic nitrogens is 2. The van der Waals surface area contributed by atoms with Crippen LogP contribution in [0, 0.1) is 5.92 Å². The van der Waals surface area contributed by atoms with Gasteiger partial charge in [0.25, 0.3) is 0 Å². The maximum absolute atomic E-state index is 11.8. The molecule has 0 aliphatic carbocycles. The summed E-state index contributed by atoms with van der Waals surface area (Å²) < 4.78 is 2.96. The number of hydrogen-bond acceptors (Lipinski definition) is 2. The first-order valence-electron chi connectivity index (χ1n) is 7.08. The third kappa shape index (κ3) is 3.04. The lowest BCUT2D eigenvalue weighted by atomic mass is 10.2. The average Bonchev–Trinajstić information content (AvgIpc) is 2.91. The molecule has 4 nitrogen and oxygen atoms in total. The Kier molecular flexibility index (Phi) is 3.98. The van der Waals surface area contributed by atoms with Crippen LogP contribution in [0.2, 0.25) is 0 Å². The predicted octanol–water partition coefficient (Wildman–Crippen LogP) is 4.36. The van der Waals surface area contributed by atoms with Gasteiger partial charge >= 0.3 is 0 Å². The van der Waals surface area contributed by atoms with E-state index in [1.54, 1.807) is 0 Å². The van der Waals surface area contributed by atoms with Crippen LogP contribution in [0.1, 0.15) is 13.8 Å². The Morgan fingerprint density at radius 2 is 1.86 bits per heavy atom. The SMILES string of the molecule is CC(C)C(=O)Nc1ccc2nc(-c3ccc(Br)cc3)cn2c1. The van der Waals surface area contributed by atoms with Gasteiger partial charge in [-0.05, 0) is 24.3 Å². The largest absolute Gasteiger partial charge is 0.325 e. The van der Waals surface area contributed by atoms with Crippen molar-refractivity contribution in [1.29, 1.82) is 0 Å². The molecule has 0 unspecified atom stereocenters. The smallest absolute Gasteiger partial charge is 0.226 e. The van der Waals surface area contributed by atoms with E-state index in [2.05, 4.69) is 26.2 Å². The van der Waals surface area contributed by atoms with E-state index in [1.807, 2.05) is 67.0 Å². The van der Waals surface area contributed by atoms with Gasteiger partial charge in [-0.25, -0.2) is 4.98 Å². The fraction of sp³-hybridized carbons (Fsp3) is 0.176. The van der Waals surface area contributed by atoms with Gasteiger partial charge in [-0.2, -0.15) is 0 Å². The fourth-order valence-corrected chi connectivity index (χ4v) is 2.38. The minimum Gasteiger partial charge on any atom is -0.325 e. The van der Waals surface area contributed by atoms with Crippen molar-refractivity contribution in [3.8, 4) is 11.3 Å². The molecule has 3 rings (SSSR count). The third-order valence-corrected chi connectivity index (χ3v) is 3.91. The molecule has 0 saturated carbocycles. The number of imidazole rings is 1. The Morgan fingerprint density at radius 3 is 2.55 bits per heavy atom. The summed E-state index contributed by atoms with van der Waals surface area (Å²) in [4.78, 5) is 16.4. The van der Waals surface area contributed by atoms with Crippen LogP contribution in [0.15, 0.2) is 53.3 Å². The van der Waals surface area contributed by atoms with Crippen LogP contribution in [0.3, 0.4) is 0 Å². The Morgan fingerprint density at radius 1 is 1.14 bits per heavy atom. The van der Waals surface area contributed by atoms with Crippen LogP contribution in [-0.2, 0) is 4.79 Å². The number of nitrogens with zero attached hydrogens (tertiary/aromatic N) is 2. The molecule has 2 aromatic heterocycles. The van der Waals surface area contributed by atoms with E-state index in [4.69, 9.17) is 0 Å². The number of nitrogens with one attached hydrogen (secondary N) is 1. The quantitative estimate of drug-likeness (QED) is 0.756. The molecule has 3 aromatic rings. The van der Waals surface area contributed by atoms with Gasteiger partial charge in [0.1, 0.15) is 5.65 Å². The highest BCUT2D eigenvalue weighted by atomic mass is 79.9. The van der Waals surface area contributed by atoms with E-state index in [-0.39, 0.29) is 11.8 Å². The summed E-state index contributed by atoms with van der Waals surface area (Å²) in [5.74, 6) is -0.0376. The van der Waals surface area contributed by atoms with E-state index in [9.17, 15) is 4.79 Å². The van der Waals surface area contributed by atoms with E-state index >= 15 is 0 Å². The number of fused-ring (bicyclic) bond motifs is 1. The highest BCUT2D eigenvalue weighted by Gasteiger charge is 2.09. The maximum atomic E-state index is 11.8. The molecule has 0 atom stereocenters. The number of carbonyl (C=O) groups is 1. The summed E-state index contributed by atoms with van der Waals surface area (Å²) in [7, 11) is 0. The second kappa shape index (κ2) is 5.93. The Labute approximate surface area is 137 Å². The van der Waals surface area contributed by atoms with E-state index < -0.39 is 0 Å². The van der Waals surface area contributed by atoms with Crippen molar-refractivity contribution in [3.63, 3.8) is 0 Å². The minimum absolute atomic E-state index is 0.00704.